The minimum Gasteiger partial charge on any atom is -0.408 e. The zero-order chi connectivity index (χ0) is 14.9. The number of fused-ring (bicyclic) bond motifs is 1. The molecule has 0 spiro atoms. The van der Waals surface area contributed by atoms with E-state index >= 15 is 0 Å². The molecule has 110 valence electrons. The molecule has 0 saturated carbocycles. The van der Waals surface area contributed by atoms with Crippen LogP contribution in [0.2, 0.25) is 0 Å². The van der Waals surface area contributed by atoms with Crippen molar-refractivity contribution in [2.45, 2.75) is 11.0 Å². The highest BCUT2D eigenvalue weighted by Crippen LogP contribution is 2.27. The fourth-order valence-corrected chi connectivity index (χ4v) is 2.19. The molecule has 2 rings (SSSR count). The normalized spacial score (nSPS) is 13.8. The van der Waals surface area contributed by atoms with E-state index < -0.39 is 23.4 Å². The predicted molar refractivity (Wildman–Crippen MR) is 70.0 cm³/mol. The summed E-state index contributed by atoms with van der Waals surface area (Å²) in [7, 11) is 1.58. The molecule has 4 nitrogen and oxygen atoms in total. The molecule has 0 saturated heterocycles. The fourth-order valence-electron chi connectivity index (χ4n) is 1.72. The largest absolute Gasteiger partial charge is 0.419 e. The van der Waals surface area contributed by atoms with Gasteiger partial charge in [-0.3, -0.25) is 4.57 Å². The monoisotopic (exact) mass is 353 g/mol. The Morgan fingerprint density at radius 1 is 1.45 bits per heavy atom. The maximum atomic E-state index is 12.0. The average Bonchev–Trinajstić information content (AvgIpc) is 2.63. The number of hydrogen-bond donors (Lipinski definition) is 0. The molecular weight excluding hydrogens is 343 g/mol. The molecule has 1 unspecified atom stereocenters. The van der Waals surface area contributed by atoms with Gasteiger partial charge in [0, 0.05) is 7.05 Å². The van der Waals surface area contributed by atoms with E-state index in [-0.39, 0.29) is 6.61 Å². The van der Waals surface area contributed by atoms with Gasteiger partial charge in [-0.15, -0.1) is 0 Å². The first-order chi connectivity index (χ1) is 9.28. The molecule has 0 aliphatic heterocycles. The topological polar surface area (TPSA) is 44.4 Å². The van der Waals surface area contributed by atoms with E-state index in [2.05, 4.69) is 20.7 Å². The third-order valence-corrected chi connectivity index (χ3v) is 3.50. The second kappa shape index (κ2) is 5.61. The van der Waals surface area contributed by atoms with Crippen LogP contribution in [-0.2, 0) is 11.8 Å². The Labute approximate surface area is 120 Å². The summed E-state index contributed by atoms with van der Waals surface area (Å²) in [5, 5.41) is 0. The van der Waals surface area contributed by atoms with Gasteiger partial charge in [-0.05, 0) is 17.7 Å². The van der Waals surface area contributed by atoms with E-state index in [9.17, 15) is 18.0 Å². The number of rotatable bonds is 4. The number of benzene rings is 1. The fraction of sp³-hybridized carbons (Fsp3) is 0.417. The number of aryl methyl sites for hydroxylation is 1. The first kappa shape index (κ1) is 15.1. The lowest BCUT2D eigenvalue weighted by atomic mass is 10.1. The molecule has 0 amide bonds. The molecule has 20 heavy (non-hydrogen) atoms. The van der Waals surface area contributed by atoms with Crippen molar-refractivity contribution >= 4 is 27.0 Å². The van der Waals surface area contributed by atoms with Crippen molar-refractivity contribution in [3.05, 3.63) is 34.3 Å². The molecule has 1 aromatic carbocycles. The third kappa shape index (κ3) is 3.43. The number of aromatic nitrogens is 1. The average molecular weight is 354 g/mol. The molecule has 1 aromatic heterocycles. The summed E-state index contributed by atoms with van der Waals surface area (Å²) in [6, 6.07) is 4.98. The SMILES string of the molecule is Cn1c(=O)oc2cc(C(Br)COCC(F)(F)F)ccc21. The highest BCUT2D eigenvalue weighted by Gasteiger charge is 2.27. The molecule has 0 aliphatic carbocycles. The smallest absolute Gasteiger partial charge is 0.408 e. The van der Waals surface area contributed by atoms with Crippen LogP contribution >= 0.6 is 15.9 Å². The maximum absolute atomic E-state index is 12.0. The number of alkyl halides is 4. The third-order valence-electron chi connectivity index (χ3n) is 2.71. The number of hydrogen-bond acceptors (Lipinski definition) is 3. The number of ether oxygens (including phenoxy) is 1. The summed E-state index contributed by atoms with van der Waals surface area (Å²) in [4.78, 5) is 10.9. The van der Waals surface area contributed by atoms with Crippen LogP contribution in [0.5, 0.6) is 0 Å². The van der Waals surface area contributed by atoms with Gasteiger partial charge in [0.2, 0.25) is 0 Å². The predicted octanol–water partition coefficient (Wildman–Crippen LogP) is 3.15. The van der Waals surface area contributed by atoms with Crippen LogP contribution in [0.4, 0.5) is 13.2 Å². The van der Waals surface area contributed by atoms with Crippen LogP contribution in [0, 0.1) is 0 Å². The van der Waals surface area contributed by atoms with Crippen molar-refractivity contribution in [2.75, 3.05) is 13.2 Å². The highest BCUT2D eigenvalue weighted by atomic mass is 79.9. The van der Waals surface area contributed by atoms with Crippen molar-refractivity contribution in [3.8, 4) is 0 Å². The lowest BCUT2D eigenvalue weighted by molar-refractivity contribution is -0.173. The van der Waals surface area contributed by atoms with Crippen molar-refractivity contribution in [2.24, 2.45) is 7.05 Å². The molecule has 0 bridgehead atoms. The first-order valence-electron chi connectivity index (χ1n) is 5.66. The lowest BCUT2D eigenvalue weighted by Crippen LogP contribution is -2.18. The Morgan fingerprint density at radius 3 is 2.80 bits per heavy atom. The van der Waals surface area contributed by atoms with E-state index in [4.69, 9.17) is 4.42 Å². The molecule has 2 aromatic rings. The zero-order valence-corrected chi connectivity index (χ0v) is 12.0. The van der Waals surface area contributed by atoms with Crippen LogP contribution in [0.25, 0.3) is 11.1 Å². The van der Waals surface area contributed by atoms with Crippen LogP contribution in [0.3, 0.4) is 0 Å². The quantitative estimate of drug-likeness (QED) is 0.793. The number of halogens is 4. The summed E-state index contributed by atoms with van der Waals surface area (Å²) < 4.78 is 46.9. The van der Waals surface area contributed by atoms with Gasteiger partial charge in [-0.2, -0.15) is 13.2 Å². The second-order valence-corrected chi connectivity index (χ2v) is 5.36. The summed E-state index contributed by atoms with van der Waals surface area (Å²) in [6.07, 6.45) is -4.34. The molecule has 0 fully saturated rings. The van der Waals surface area contributed by atoms with Crippen molar-refractivity contribution in [1.82, 2.24) is 4.57 Å². The zero-order valence-electron chi connectivity index (χ0n) is 10.4. The lowest BCUT2D eigenvalue weighted by Gasteiger charge is -2.12. The minimum absolute atomic E-state index is 0.137. The molecule has 8 heteroatoms. The molecular formula is C12H11BrF3NO3. The summed E-state index contributed by atoms with van der Waals surface area (Å²) in [5.74, 6) is -0.489. The minimum atomic E-state index is -4.34. The molecule has 0 radical (unpaired) electrons. The summed E-state index contributed by atoms with van der Waals surface area (Å²) >= 11 is 3.25. The Bertz CT molecular complexity index is 662. The Balaban J connectivity index is 2.10. The van der Waals surface area contributed by atoms with Gasteiger partial charge in [-0.1, -0.05) is 22.0 Å². The van der Waals surface area contributed by atoms with E-state index in [1.54, 1.807) is 25.2 Å². The maximum Gasteiger partial charge on any atom is 0.419 e. The van der Waals surface area contributed by atoms with Gasteiger partial charge in [0.1, 0.15) is 6.61 Å². The summed E-state index contributed by atoms with van der Waals surface area (Å²) in [6.45, 7) is -1.43. The van der Waals surface area contributed by atoms with Crippen molar-refractivity contribution in [1.29, 1.82) is 0 Å². The Morgan fingerprint density at radius 2 is 2.15 bits per heavy atom. The van der Waals surface area contributed by atoms with E-state index in [1.807, 2.05) is 0 Å². The molecule has 1 atom stereocenters. The second-order valence-electron chi connectivity index (χ2n) is 4.25. The standard InChI is InChI=1S/C12H11BrF3NO3/c1-17-9-3-2-7(4-10(9)20-11(17)18)8(13)5-19-6-12(14,15)16/h2-4,8H,5-6H2,1H3. The van der Waals surface area contributed by atoms with Crippen LogP contribution < -0.4 is 5.76 Å². The highest BCUT2D eigenvalue weighted by molar-refractivity contribution is 9.09. The number of nitrogens with zero attached hydrogens (tertiary/aromatic N) is 1. The van der Waals surface area contributed by atoms with Gasteiger partial charge in [0.15, 0.2) is 5.58 Å². The van der Waals surface area contributed by atoms with Crippen molar-refractivity contribution in [3.63, 3.8) is 0 Å². The molecule has 0 aliphatic rings. The van der Waals surface area contributed by atoms with Gasteiger partial charge in [0.05, 0.1) is 17.0 Å². The molecule has 0 N–H and O–H groups in total. The Kier molecular flexibility index (Phi) is 4.24. The van der Waals surface area contributed by atoms with E-state index in [1.165, 1.54) is 4.57 Å². The van der Waals surface area contributed by atoms with Gasteiger partial charge >= 0.3 is 11.9 Å². The van der Waals surface area contributed by atoms with Crippen LogP contribution in [0.15, 0.2) is 27.4 Å². The van der Waals surface area contributed by atoms with E-state index in [0.717, 1.165) is 0 Å². The van der Waals surface area contributed by atoms with Gasteiger partial charge < -0.3 is 9.15 Å². The Hall–Kier alpha value is -1.28. The van der Waals surface area contributed by atoms with Gasteiger partial charge in [-0.25, -0.2) is 4.79 Å². The first-order valence-corrected chi connectivity index (χ1v) is 6.57. The summed E-state index contributed by atoms with van der Waals surface area (Å²) in [5.41, 5.74) is 1.68. The molecule has 1 heterocycles. The number of oxazole rings is 1. The van der Waals surface area contributed by atoms with Crippen LogP contribution in [-0.4, -0.2) is 24.0 Å². The van der Waals surface area contributed by atoms with Crippen molar-refractivity contribution < 1.29 is 22.3 Å². The van der Waals surface area contributed by atoms with Crippen LogP contribution in [0.1, 0.15) is 10.4 Å². The van der Waals surface area contributed by atoms with E-state index in [0.29, 0.717) is 16.7 Å². The van der Waals surface area contributed by atoms with Gasteiger partial charge in [0.25, 0.3) is 0 Å².